The fourth-order valence-corrected chi connectivity index (χ4v) is 2.57. The van der Waals surface area contributed by atoms with Crippen LogP contribution in [0.25, 0.3) is 5.69 Å². The number of benzene rings is 1. The van der Waals surface area contributed by atoms with Gasteiger partial charge in [-0.3, -0.25) is 4.79 Å². The predicted octanol–water partition coefficient (Wildman–Crippen LogP) is 2.10. The van der Waals surface area contributed by atoms with E-state index in [0.29, 0.717) is 16.7 Å². The zero-order chi connectivity index (χ0) is 15.2. The highest BCUT2D eigenvalue weighted by molar-refractivity contribution is 8.00. The lowest BCUT2D eigenvalue weighted by molar-refractivity contribution is -0.120. The molecule has 1 heterocycles. The van der Waals surface area contributed by atoms with E-state index in [-0.39, 0.29) is 11.2 Å². The van der Waals surface area contributed by atoms with Crippen molar-refractivity contribution in [3.63, 3.8) is 0 Å². The van der Waals surface area contributed by atoms with Gasteiger partial charge in [-0.2, -0.15) is 4.68 Å². The van der Waals surface area contributed by atoms with Gasteiger partial charge < -0.3 is 5.32 Å². The lowest BCUT2D eigenvalue weighted by Gasteiger charge is -2.10. The number of nitrogens with zero attached hydrogens (tertiary/aromatic N) is 4. The van der Waals surface area contributed by atoms with Gasteiger partial charge in [-0.1, -0.05) is 35.5 Å². The molecule has 6 nitrogen and oxygen atoms in total. The van der Waals surface area contributed by atoms with E-state index in [2.05, 4.69) is 27.4 Å². The van der Waals surface area contributed by atoms with E-state index in [1.807, 2.05) is 12.1 Å². The van der Waals surface area contributed by atoms with Crippen molar-refractivity contribution in [3.05, 3.63) is 41.9 Å². The van der Waals surface area contributed by atoms with Gasteiger partial charge >= 0.3 is 0 Å². The first-order valence-corrected chi connectivity index (χ1v) is 7.47. The Kier molecular flexibility index (Phi) is 5.35. The predicted molar refractivity (Wildman–Crippen MR) is 82.7 cm³/mol. The zero-order valence-electron chi connectivity index (χ0n) is 11.4. The Hall–Kier alpha value is -1.86. The van der Waals surface area contributed by atoms with E-state index in [1.54, 1.807) is 29.8 Å². The normalized spacial score (nSPS) is 11.9. The van der Waals surface area contributed by atoms with Gasteiger partial charge in [0.15, 0.2) is 0 Å². The van der Waals surface area contributed by atoms with E-state index >= 15 is 0 Å². The molecule has 0 saturated heterocycles. The van der Waals surface area contributed by atoms with Crippen LogP contribution in [0.2, 0.25) is 5.02 Å². The van der Waals surface area contributed by atoms with Crippen LogP contribution < -0.4 is 5.32 Å². The highest BCUT2D eigenvalue weighted by Crippen LogP contribution is 2.23. The minimum atomic E-state index is -0.325. The molecular formula is C13H14ClN5OS. The van der Waals surface area contributed by atoms with E-state index in [4.69, 9.17) is 11.6 Å². The van der Waals surface area contributed by atoms with Gasteiger partial charge in [0.2, 0.25) is 11.1 Å². The molecule has 0 aliphatic heterocycles. The Balaban J connectivity index is 2.14. The third-order valence-corrected chi connectivity index (χ3v) is 3.83. The van der Waals surface area contributed by atoms with Crippen molar-refractivity contribution in [1.82, 2.24) is 25.5 Å². The van der Waals surface area contributed by atoms with Gasteiger partial charge in [0.25, 0.3) is 0 Å². The average molecular weight is 324 g/mol. The molecule has 8 heteroatoms. The number of tetrazole rings is 1. The summed E-state index contributed by atoms with van der Waals surface area (Å²) in [6, 6.07) is 7.18. The first-order chi connectivity index (χ1) is 10.1. The number of carbonyl (C=O) groups excluding carboxylic acids is 1. The molecule has 0 aliphatic carbocycles. The van der Waals surface area contributed by atoms with Crippen molar-refractivity contribution in [2.75, 3.05) is 6.54 Å². The molecule has 0 unspecified atom stereocenters. The number of hydrogen-bond donors (Lipinski definition) is 1. The summed E-state index contributed by atoms with van der Waals surface area (Å²) in [4.78, 5) is 11.9. The number of nitrogens with one attached hydrogen (secondary N) is 1. The zero-order valence-corrected chi connectivity index (χ0v) is 12.9. The molecular weight excluding hydrogens is 310 g/mol. The van der Waals surface area contributed by atoms with E-state index in [1.165, 1.54) is 11.8 Å². The minimum absolute atomic E-state index is 0.0967. The third kappa shape index (κ3) is 4.05. The molecule has 21 heavy (non-hydrogen) atoms. The second-order valence-corrected chi connectivity index (χ2v) is 5.89. The van der Waals surface area contributed by atoms with Crippen LogP contribution in [0.5, 0.6) is 0 Å². The quantitative estimate of drug-likeness (QED) is 0.651. The maximum absolute atomic E-state index is 11.9. The van der Waals surface area contributed by atoms with Gasteiger partial charge in [-0.05, 0) is 35.5 Å². The van der Waals surface area contributed by atoms with Crippen LogP contribution in [0.15, 0.2) is 42.1 Å². The topological polar surface area (TPSA) is 72.7 Å². The van der Waals surface area contributed by atoms with Gasteiger partial charge in [0, 0.05) is 11.6 Å². The summed E-state index contributed by atoms with van der Waals surface area (Å²) in [5.41, 5.74) is 0.744. The molecule has 2 aromatic rings. The molecule has 0 aliphatic rings. The first kappa shape index (κ1) is 15.5. The van der Waals surface area contributed by atoms with Crippen molar-refractivity contribution in [3.8, 4) is 5.69 Å². The molecule has 0 spiro atoms. The Morgan fingerprint density at radius 2 is 2.43 bits per heavy atom. The molecule has 0 saturated carbocycles. The summed E-state index contributed by atoms with van der Waals surface area (Å²) in [7, 11) is 0. The Morgan fingerprint density at radius 3 is 3.14 bits per heavy atom. The molecule has 1 atom stereocenters. The van der Waals surface area contributed by atoms with Crippen LogP contribution in [0, 0.1) is 0 Å². The standard InChI is InChI=1S/C13H14ClN5OS/c1-3-7-15-12(20)9(2)21-13-16-17-18-19(13)11-6-4-5-10(14)8-11/h3-6,8-9H,1,7H2,2H3,(H,15,20)/t9-/m0/s1. The maximum Gasteiger partial charge on any atom is 0.233 e. The maximum atomic E-state index is 11.9. The summed E-state index contributed by atoms with van der Waals surface area (Å²) in [6.07, 6.45) is 1.63. The van der Waals surface area contributed by atoms with Crippen LogP contribution in [0.4, 0.5) is 0 Å². The van der Waals surface area contributed by atoms with Gasteiger partial charge in [0.1, 0.15) is 0 Å². The van der Waals surface area contributed by atoms with Crippen LogP contribution in [0.1, 0.15) is 6.92 Å². The smallest absolute Gasteiger partial charge is 0.233 e. The molecule has 1 amide bonds. The fraction of sp³-hybridized carbons (Fsp3) is 0.231. The monoisotopic (exact) mass is 323 g/mol. The average Bonchev–Trinajstić information content (AvgIpc) is 2.92. The van der Waals surface area contributed by atoms with Crippen LogP contribution >= 0.6 is 23.4 Å². The summed E-state index contributed by atoms with van der Waals surface area (Å²) in [5.74, 6) is -0.0967. The van der Waals surface area contributed by atoms with Crippen molar-refractivity contribution >= 4 is 29.3 Å². The third-order valence-electron chi connectivity index (χ3n) is 2.57. The summed E-state index contributed by atoms with van der Waals surface area (Å²) >= 11 is 7.24. The molecule has 1 aromatic heterocycles. The lowest BCUT2D eigenvalue weighted by Crippen LogP contribution is -2.31. The van der Waals surface area contributed by atoms with Crippen LogP contribution in [-0.2, 0) is 4.79 Å². The molecule has 0 fully saturated rings. The van der Waals surface area contributed by atoms with Gasteiger partial charge in [0.05, 0.1) is 10.9 Å². The van der Waals surface area contributed by atoms with Crippen LogP contribution in [0.3, 0.4) is 0 Å². The van der Waals surface area contributed by atoms with Crippen molar-refractivity contribution in [1.29, 1.82) is 0 Å². The number of thioether (sulfide) groups is 1. The van der Waals surface area contributed by atoms with E-state index in [0.717, 1.165) is 5.69 Å². The molecule has 1 aromatic carbocycles. The number of aromatic nitrogens is 4. The van der Waals surface area contributed by atoms with Crippen LogP contribution in [-0.4, -0.2) is 37.9 Å². The Labute approximate surface area is 131 Å². The number of carbonyl (C=O) groups is 1. The lowest BCUT2D eigenvalue weighted by atomic mass is 10.3. The van der Waals surface area contributed by atoms with Crippen molar-refractivity contribution in [2.24, 2.45) is 0 Å². The minimum Gasteiger partial charge on any atom is -0.352 e. The van der Waals surface area contributed by atoms with E-state index in [9.17, 15) is 4.79 Å². The molecule has 1 N–H and O–H groups in total. The molecule has 110 valence electrons. The highest BCUT2D eigenvalue weighted by Gasteiger charge is 2.18. The van der Waals surface area contributed by atoms with Crippen molar-refractivity contribution < 1.29 is 4.79 Å². The first-order valence-electron chi connectivity index (χ1n) is 6.21. The second kappa shape index (κ2) is 7.24. The van der Waals surface area contributed by atoms with Gasteiger partial charge in [-0.15, -0.1) is 11.7 Å². The number of rotatable bonds is 6. The molecule has 0 bridgehead atoms. The molecule has 0 radical (unpaired) electrons. The number of hydrogen-bond acceptors (Lipinski definition) is 5. The largest absolute Gasteiger partial charge is 0.352 e. The fourth-order valence-electron chi connectivity index (χ4n) is 1.55. The second-order valence-electron chi connectivity index (χ2n) is 4.15. The van der Waals surface area contributed by atoms with E-state index < -0.39 is 0 Å². The summed E-state index contributed by atoms with van der Waals surface area (Å²) in [6.45, 7) is 5.78. The van der Waals surface area contributed by atoms with Crippen molar-refractivity contribution in [2.45, 2.75) is 17.3 Å². The summed E-state index contributed by atoms with van der Waals surface area (Å²) < 4.78 is 1.55. The van der Waals surface area contributed by atoms with Gasteiger partial charge in [-0.25, -0.2) is 0 Å². The number of halogens is 1. The SMILES string of the molecule is C=CCNC(=O)[C@H](C)Sc1nnnn1-c1cccc(Cl)c1. The molecule has 2 rings (SSSR count). The highest BCUT2D eigenvalue weighted by atomic mass is 35.5. The number of amides is 1. The summed E-state index contributed by atoms with van der Waals surface area (Å²) in [5, 5.41) is 15.1. The Bertz CT molecular complexity index is 645. The Morgan fingerprint density at radius 1 is 1.62 bits per heavy atom.